The molecule has 106 valence electrons. The van der Waals surface area contributed by atoms with E-state index in [9.17, 15) is 9.90 Å². The zero-order chi connectivity index (χ0) is 13.6. The summed E-state index contributed by atoms with van der Waals surface area (Å²) in [6, 6.07) is 0. The summed E-state index contributed by atoms with van der Waals surface area (Å²) in [5.41, 5.74) is -0.869. The highest BCUT2D eigenvalue weighted by atomic mass is 16.5. The first-order valence-electron chi connectivity index (χ1n) is 6.75. The summed E-state index contributed by atoms with van der Waals surface area (Å²) >= 11 is 0. The molecule has 1 aliphatic heterocycles. The molecule has 1 aliphatic rings. The summed E-state index contributed by atoms with van der Waals surface area (Å²) < 4.78 is 5.37. The maximum atomic E-state index is 11.4. The van der Waals surface area contributed by atoms with E-state index in [1.54, 1.807) is 14.0 Å². The fraction of sp³-hybridized carbons (Fsp3) is 0.923. The van der Waals surface area contributed by atoms with E-state index in [1.165, 1.54) is 0 Å². The van der Waals surface area contributed by atoms with E-state index in [2.05, 4.69) is 10.2 Å². The largest absolute Gasteiger partial charge is 0.480 e. The van der Waals surface area contributed by atoms with Crippen molar-refractivity contribution in [3.05, 3.63) is 0 Å². The maximum absolute atomic E-state index is 11.4. The average Bonchev–Trinajstić information content (AvgIpc) is 2.36. The monoisotopic (exact) mass is 258 g/mol. The van der Waals surface area contributed by atoms with Gasteiger partial charge in [-0.1, -0.05) is 6.92 Å². The highest BCUT2D eigenvalue weighted by molar-refractivity contribution is 5.78. The Bertz CT molecular complexity index is 273. The Hall–Kier alpha value is -0.650. The van der Waals surface area contributed by atoms with Gasteiger partial charge in [0.15, 0.2) is 0 Å². The van der Waals surface area contributed by atoms with E-state index in [4.69, 9.17) is 4.74 Å². The maximum Gasteiger partial charge on any atom is 0.324 e. The number of piperidine rings is 1. The van der Waals surface area contributed by atoms with Crippen LogP contribution in [0.4, 0.5) is 0 Å². The molecule has 18 heavy (non-hydrogen) atoms. The van der Waals surface area contributed by atoms with Gasteiger partial charge in [-0.15, -0.1) is 0 Å². The average molecular weight is 258 g/mol. The molecule has 5 nitrogen and oxygen atoms in total. The predicted octanol–water partition coefficient (Wildman–Crippen LogP) is 0.940. The first-order chi connectivity index (χ1) is 8.51. The van der Waals surface area contributed by atoms with Crippen molar-refractivity contribution in [1.29, 1.82) is 0 Å². The molecule has 1 heterocycles. The fourth-order valence-electron chi connectivity index (χ4n) is 2.40. The fourth-order valence-corrected chi connectivity index (χ4v) is 2.40. The normalized spacial score (nSPS) is 24.7. The lowest BCUT2D eigenvalue weighted by atomic mass is 9.99. The molecular formula is C13H26N2O3. The van der Waals surface area contributed by atoms with Crippen molar-refractivity contribution in [3.8, 4) is 0 Å². The van der Waals surface area contributed by atoms with E-state index in [0.29, 0.717) is 6.54 Å². The van der Waals surface area contributed by atoms with Crippen molar-refractivity contribution in [2.24, 2.45) is 0 Å². The van der Waals surface area contributed by atoms with Crippen LogP contribution in [0.25, 0.3) is 0 Å². The Balaban J connectivity index is 2.57. The van der Waals surface area contributed by atoms with E-state index >= 15 is 0 Å². The standard InChI is InChI=1S/C13H26N2O3/c1-4-7-14-13(2,12(16)17)10-15-8-5-6-11(9-15)18-3/h11,14H,4-10H2,1-3H3,(H,16,17). The second-order valence-electron chi connectivity index (χ2n) is 5.30. The van der Waals surface area contributed by atoms with Crippen molar-refractivity contribution in [1.82, 2.24) is 10.2 Å². The van der Waals surface area contributed by atoms with Crippen molar-refractivity contribution < 1.29 is 14.6 Å². The topological polar surface area (TPSA) is 61.8 Å². The summed E-state index contributed by atoms with van der Waals surface area (Å²) in [7, 11) is 1.72. The van der Waals surface area contributed by atoms with E-state index in [1.807, 2.05) is 6.92 Å². The van der Waals surface area contributed by atoms with Gasteiger partial charge < -0.3 is 15.2 Å². The van der Waals surface area contributed by atoms with Crippen LogP contribution >= 0.6 is 0 Å². The molecule has 0 amide bonds. The number of rotatable bonds is 7. The molecule has 0 aromatic heterocycles. The first-order valence-corrected chi connectivity index (χ1v) is 6.75. The number of carboxylic acids is 1. The number of likely N-dealkylation sites (tertiary alicyclic amines) is 1. The highest BCUT2D eigenvalue weighted by Gasteiger charge is 2.35. The first kappa shape index (κ1) is 15.4. The van der Waals surface area contributed by atoms with Crippen molar-refractivity contribution in [3.63, 3.8) is 0 Å². The molecule has 0 aliphatic carbocycles. The van der Waals surface area contributed by atoms with Crippen LogP contribution in [0.1, 0.15) is 33.1 Å². The number of ether oxygens (including phenoxy) is 1. The molecule has 0 aromatic carbocycles. The molecule has 0 saturated carbocycles. The van der Waals surface area contributed by atoms with Crippen LogP contribution in [0.15, 0.2) is 0 Å². The highest BCUT2D eigenvalue weighted by Crippen LogP contribution is 2.16. The summed E-state index contributed by atoms with van der Waals surface area (Å²) in [4.78, 5) is 13.6. The molecule has 2 atom stereocenters. The summed E-state index contributed by atoms with van der Waals surface area (Å²) in [6.45, 7) is 6.84. The number of hydrogen-bond donors (Lipinski definition) is 2. The van der Waals surface area contributed by atoms with Crippen molar-refractivity contribution in [2.75, 3.05) is 33.3 Å². The number of hydrogen-bond acceptors (Lipinski definition) is 4. The minimum absolute atomic E-state index is 0.239. The minimum atomic E-state index is -0.869. The van der Waals surface area contributed by atoms with Crippen LogP contribution in [-0.4, -0.2) is 60.9 Å². The SMILES string of the molecule is CCCNC(C)(CN1CCCC(OC)C1)C(=O)O. The third-order valence-electron chi connectivity index (χ3n) is 3.57. The van der Waals surface area contributed by atoms with Crippen LogP contribution in [0.2, 0.25) is 0 Å². The van der Waals surface area contributed by atoms with Gasteiger partial charge in [-0.05, 0) is 39.3 Å². The molecule has 1 fully saturated rings. The summed E-state index contributed by atoms with van der Waals surface area (Å²) in [5, 5.41) is 12.5. The Morgan fingerprint density at radius 1 is 1.61 bits per heavy atom. The Morgan fingerprint density at radius 2 is 2.33 bits per heavy atom. The molecule has 5 heteroatoms. The smallest absolute Gasteiger partial charge is 0.324 e. The molecule has 0 spiro atoms. The van der Waals surface area contributed by atoms with Gasteiger partial charge in [-0.2, -0.15) is 0 Å². The van der Waals surface area contributed by atoms with Gasteiger partial charge in [0.1, 0.15) is 5.54 Å². The van der Waals surface area contributed by atoms with Crippen molar-refractivity contribution in [2.45, 2.75) is 44.8 Å². The van der Waals surface area contributed by atoms with E-state index in [-0.39, 0.29) is 6.10 Å². The molecule has 0 radical (unpaired) electrons. The molecular weight excluding hydrogens is 232 g/mol. The third kappa shape index (κ3) is 4.23. The van der Waals surface area contributed by atoms with Gasteiger partial charge in [0, 0.05) is 20.2 Å². The van der Waals surface area contributed by atoms with Crippen LogP contribution in [0.3, 0.4) is 0 Å². The third-order valence-corrected chi connectivity index (χ3v) is 3.57. The zero-order valence-electron chi connectivity index (χ0n) is 11.7. The van der Waals surface area contributed by atoms with Crippen LogP contribution in [0.5, 0.6) is 0 Å². The van der Waals surface area contributed by atoms with Gasteiger partial charge in [-0.25, -0.2) is 0 Å². The Morgan fingerprint density at radius 3 is 2.89 bits per heavy atom. The van der Waals surface area contributed by atoms with Crippen LogP contribution in [-0.2, 0) is 9.53 Å². The van der Waals surface area contributed by atoms with Gasteiger partial charge in [0.2, 0.25) is 0 Å². The summed E-state index contributed by atoms with van der Waals surface area (Å²) in [5.74, 6) is -0.782. The lowest BCUT2D eigenvalue weighted by Crippen LogP contribution is -2.58. The molecule has 0 bridgehead atoms. The lowest BCUT2D eigenvalue weighted by molar-refractivity contribution is -0.145. The van der Waals surface area contributed by atoms with Gasteiger partial charge in [0.05, 0.1) is 6.10 Å². The van der Waals surface area contributed by atoms with Crippen LogP contribution < -0.4 is 5.32 Å². The molecule has 2 unspecified atom stereocenters. The van der Waals surface area contributed by atoms with Crippen LogP contribution in [0, 0.1) is 0 Å². The van der Waals surface area contributed by atoms with Gasteiger partial charge in [0.25, 0.3) is 0 Å². The number of methoxy groups -OCH3 is 1. The van der Waals surface area contributed by atoms with Crippen molar-refractivity contribution >= 4 is 5.97 Å². The van der Waals surface area contributed by atoms with Gasteiger partial charge in [-0.3, -0.25) is 9.69 Å². The second-order valence-corrected chi connectivity index (χ2v) is 5.30. The van der Waals surface area contributed by atoms with Gasteiger partial charge >= 0.3 is 5.97 Å². The minimum Gasteiger partial charge on any atom is -0.480 e. The molecule has 1 saturated heterocycles. The Kier molecular flexibility index (Phi) is 6.05. The number of nitrogens with one attached hydrogen (secondary N) is 1. The lowest BCUT2D eigenvalue weighted by Gasteiger charge is -2.37. The summed E-state index contributed by atoms with van der Waals surface area (Å²) in [6.07, 6.45) is 3.31. The predicted molar refractivity (Wildman–Crippen MR) is 70.8 cm³/mol. The van der Waals surface area contributed by atoms with E-state index in [0.717, 1.165) is 38.9 Å². The number of nitrogens with zero attached hydrogens (tertiary/aromatic N) is 1. The number of aliphatic carboxylic acids is 1. The number of carboxylic acid groups (broad SMARTS) is 1. The Labute approximate surface area is 109 Å². The molecule has 1 rings (SSSR count). The molecule has 2 N–H and O–H groups in total. The molecule has 0 aromatic rings. The number of carbonyl (C=O) groups is 1. The zero-order valence-corrected chi connectivity index (χ0v) is 11.7. The quantitative estimate of drug-likeness (QED) is 0.711. The van der Waals surface area contributed by atoms with E-state index < -0.39 is 11.5 Å². The second kappa shape index (κ2) is 7.07.